The SMILES string of the molecule is CCCCCCCC1CCC(CCC2CCC(CCc3ccc(C#N)c(F)c3)CC2)CC1. The molecule has 1 aromatic carbocycles. The number of aryl methyl sites for hydroxylation is 1. The van der Waals surface area contributed by atoms with E-state index in [1.807, 2.05) is 12.1 Å². The van der Waals surface area contributed by atoms with Gasteiger partial charge in [0.25, 0.3) is 0 Å². The van der Waals surface area contributed by atoms with Gasteiger partial charge in [-0.2, -0.15) is 5.26 Å². The van der Waals surface area contributed by atoms with E-state index in [0.29, 0.717) is 0 Å². The van der Waals surface area contributed by atoms with Crippen LogP contribution in [0.4, 0.5) is 4.39 Å². The molecule has 0 unspecified atom stereocenters. The maximum Gasteiger partial charge on any atom is 0.141 e. The molecule has 3 rings (SSSR count). The number of rotatable bonds is 12. The van der Waals surface area contributed by atoms with Gasteiger partial charge in [-0.1, -0.05) is 116 Å². The second kappa shape index (κ2) is 14.0. The van der Waals surface area contributed by atoms with Gasteiger partial charge in [-0.25, -0.2) is 4.39 Å². The highest BCUT2D eigenvalue weighted by molar-refractivity contribution is 5.33. The van der Waals surface area contributed by atoms with Crippen molar-refractivity contribution in [2.45, 2.75) is 122 Å². The third-order valence-corrected chi connectivity index (χ3v) is 8.63. The number of unbranched alkanes of at least 4 members (excludes halogenated alkanes) is 4. The number of nitrogens with zero attached hydrogens (tertiary/aromatic N) is 1. The highest BCUT2D eigenvalue weighted by Crippen LogP contribution is 2.38. The molecular weight excluding hydrogens is 393 g/mol. The van der Waals surface area contributed by atoms with Crippen LogP contribution in [0.25, 0.3) is 0 Å². The van der Waals surface area contributed by atoms with Crippen molar-refractivity contribution in [3.8, 4) is 6.07 Å². The smallest absolute Gasteiger partial charge is 0.141 e. The van der Waals surface area contributed by atoms with Crippen LogP contribution in [0.5, 0.6) is 0 Å². The van der Waals surface area contributed by atoms with E-state index in [1.54, 1.807) is 12.1 Å². The van der Waals surface area contributed by atoms with E-state index in [-0.39, 0.29) is 11.4 Å². The highest BCUT2D eigenvalue weighted by atomic mass is 19.1. The molecule has 0 heterocycles. The molecular formula is C30H46FN. The van der Waals surface area contributed by atoms with Gasteiger partial charge in [-0.15, -0.1) is 0 Å². The Bertz CT molecular complexity index is 689. The van der Waals surface area contributed by atoms with E-state index in [4.69, 9.17) is 5.26 Å². The maximum absolute atomic E-state index is 13.8. The Balaban J connectivity index is 1.24. The quantitative estimate of drug-likeness (QED) is 0.297. The molecule has 2 fully saturated rings. The Morgan fingerprint density at radius 2 is 1.28 bits per heavy atom. The third-order valence-electron chi connectivity index (χ3n) is 8.63. The van der Waals surface area contributed by atoms with Gasteiger partial charge in [-0.3, -0.25) is 0 Å². The van der Waals surface area contributed by atoms with Crippen LogP contribution >= 0.6 is 0 Å². The zero-order chi connectivity index (χ0) is 22.6. The first-order valence-corrected chi connectivity index (χ1v) is 13.9. The summed E-state index contributed by atoms with van der Waals surface area (Å²) in [6, 6.07) is 7.02. The van der Waals surface area contributed by atoms with Crippen molar-refractivity contribution in [3.63, 3.8) is 0 Å². The van der Waals surface area contributed by atoms with Crippen molar-refractivity contribution in [2.24, 2.45) is 23.7 Å². The first-order valence-electron chi connectivity index (χ1n) is 13.9. The largest absolute Gasteiger partial charge is 0.206 e. The first kappa shape index (κ1) is 25.3. The van der Waals surface area contributed by atoms with Gasteiger partial charge >= 0.3 is 0 Å². The molecule has 0 bridgehead atoms. The van der Waals surface area contributed by atoms with Crippen molar-refractivity contribution < 1.29 is 4.39 Å². The van der Waals surface area contributed by atoms with Crippen molar-refractivity contribution in [1.29, 1.82) is 5.26 Å². The molecule has 0 aromatic heterocycles. The molecule has 0 atom stereocenters. The molecule has 2 heteroatoms. The van der Waals surface area contributed by atoms with Crippen LogP contribution in [0.15, 0.2) is 18.2 Å². The summed E-state index contributed by atoms with van der Waals surface area (Å²) in [6.07, 6.45) is 25.2. The van der Waals surface area contributed by atoms with Crippen LogP contribution in [0.3, 0.4) is 0 Å². The van der Waals surface area contributed by atoms with E-state index in [1.165, 1.54) is 109 Å². The van der Waals surface area contributed by atoms with Crippen molar-refractivity contribution in [1.82, 2.24) is 0 Å². The standard InChI is InChI=1S/C30H46FN/c1-2-3-4-5-6-7-24-8-10-25(11-9-24)12-13-26-14-16-27(17-15-26)18-19-28-20-21-29(23-32)30(31)22-28/h20-22,24-27H,2-19H2,1H3. The minimum absolute atomic E-state index is 0.158. The van der Waals surface area contributed by atoms with Crippen LogP contribution < -0.4 is 0 Å². The average molecular weight is 440 g/mol. The molecule has 0 spiro atoms. The van der Waals surface area contributed by atoms with Gasteiger partial charge < -0.3 is 0 Å². The van der Waals surface area contributed by atoms with Crippen LogP contribution in [0.1, 0.15) is 127 Å². The molecule has 1 nitrogen and oxygen atoms in total. The Kier molecular flexibility index (Phi) is 11.1. The lowest BCUT2D eigenvalue weighted by molar-refractivity contribution is 0.208. The van der Waals surface area contributed by atoms with Crippen LogP contribution in [0.2, 0.25) is 0 Å². The summed E-state index contributed by atoms with van der Waals surface area (Å²) < 4.78 is 13.8. The number of halogens is 1. The van der Waals surface area contributed by atoms with E-state index in [9.17, 15) is 4.39 Å². The monoisotopic (exact) mass is 439 g/mol. The van der Waals surface area contributed by atoms with Gasteiger partial charge in [0.2, 0.25) is 0 Å². The van der Waals surface area contributed by atoms with Crippen molar-refractivity contribution in [2.75, 3.05) is 0 Å². The fourth-order valence-electron chi connectivity index (χ4n) is 6.30. The predicted octanol–water partition coefficient (Wildman–Crippen LogP) is 9.38. The Morgan fingerprint density at radius 1 is 0.750 bits per heavy atom. The fourth-order valence-corrected chi connectivity index (χ4v) is 6.30. The van der Waals surface area contributed by atoms with Crippen LogP contribution in [-0.4, -0.2) is 0 Å². The Labute approximate surface area is 197 Å². The van der Waals surface area contributed by atoms with Gasteiger partial charge in [0.1, 0.15) is 11.9 Å². The summed E-state index contributed by atoms with van der Waals surface area (Å²) in [6.45, 7) is 2.30. The summed E-state index contributed by atoms with van der Waals surface area (Å²) in [5.74, 6) is 3.44. The number of benzene rings is 1. The number of nitriles is 1. The predicted molar refractivity (Wildman–Crippen MR) is 133 cm³/mol. The normalized spacial score (nSPS) is 26.0. The lowest BCUT2D eigenvalue weighted by Gasteiger charge is -2.32. The molecule has 32 heavy (non-hydrogen) atoms. The van der Waals surface area contributed by atoms with Crippen LogP contribution in [-0.2, 0) is 6.42 Å². The second-order valence-corrected chi connectivity index (χ2v) is 11.0. The van der Waals surface area contributed by atoms with E-state index < -0.39 is 0 Å². The molecule has 1 aromatic rings. The molecule has 2 aliphatic carbocycles. The van der Waals surface area contributed by atoms with Gasteiger partial charge in [0.15, 0.2) is 0 Å². The number of hydrogen-bond acceptors (Lipinski definition) is 1. The molecule has 2 saturated carbocycles. The summed E-state index contributed by atoms with van der Waals surface area (Å²) in [5.41, 5.74) is 1.20. The lowest BCUT2D eigenvalue weighted by Crippen LogP contribution is -2.18. The molecule has 0 N–H and O–H groups in total. The maximum atomic E-state index is 13.8. The molecule has 0 amide bonds. The summed E-state index contributed by atoms with van der Waals surface area (Å²) >= 11 is 0. The third kappa shape index (κ3) is 8.53. The lowest BCUT2D eigenvalue weighted by atomic mass is 9.74. The van der Waals surface area contributed by atoms with Gasteiger partial charge in [0.05, 0.1) is 5.56 Å². The minimum atomic E-state index is -0.366. The summed E-state index contributed by atoms with van der Waals surface area (Å²) in [4.78, 5) is 0. The van der Waals surface area contributed by atoms with Gasteiger partial charge in [0, 0.05) is 0 Å². The molecule has 0 radical (unpaired) electrons. The molecule has 0 saturated heterocycles. The van der Waals surface area contributed by atoms with Gasteiger partial charge in [-0.05, 0) is 54.2 Å². The van der Waals surface area contributed by atoms with E-state index in [2.05, 4.69) is 6.92 Å². The fraction of sp³-hybridized carbons (Fsp3) is 0.767. The van der Waals surface area contributed by atoms with E-state index in [0.717, 1.165) is 35.7 Å². The summed E-state index contributed by atoms with van der Waals surface area (Å²) in [7, 11) is 0. The zero-order valence-corrected chi connectivity index (χ0v) is 20.6. The Morgan fingerprint density at radius 3 is 1.81 bits per heavy atom. The van der Waals surface area contributed by atoms with E-state index >= 15 is 0 Å². The van der Waals surface area contributed by atoms with Crippen molar-refractivity contribution >= 4 is 0 Å². The molecule has 0 aliphatic heterocycles. The average Bonchev–Trinajstić information content (AvgIpc) is 2.83. The summed E-state index contributed by atoms with van der Waals surface area (Å²) in [5, 5.41) is 8.87. The number of hydrogen-bond donors (Lipinski definition) is 0. The minimum Gasteiger partial charge on any atom is -0.206 e. The second-order valence-electron chi connectivity index (χ2n) is 11.0. The topological polar surface area (TPSA) is 23.8 Å². The molecule has 2 aliphatic rings. The van der Waals surface area contributed by atoms with Crippen LogP contribution in [0, 0.1) is 40.8 Å². The molecule has 178 valence electrons. The first-order chi connectivity index (χ1) is 15.7. The Hall–Kier alpha value is -1.36. The van der Waals surface area contributed by atoms with Crippen molar-refractivity contribution in [3.05, 3.63) is 35.1 Å². The zero-order valence-electron chi connectivity index (χ0n) is 20.6. The highest BCUT2D eigenvalue weighted by Gasteiger charge is 2.24.